The predicted molar refractivity (Wildman–Crippen MR) is 58.1 cm³/mol. The minimum atomic E-state index is -0.850. The van der Waals surface area contributed by atoms with Gasteiger partial charge in [-0.1, -0.05) is 0 Å². The smallest absolute Gasteiger partial charge is 0.177 e. The number of hydrogen-bond donors (Lipinski definition) is 2. The molecular weight excluding hydrogens is 248 g/mol. The zero-order chi connectivity index (χ0) is 12.3. The Hall–Kier alpha value is -1.80. The summed E-state index contributed by atoms with van der Waals surface area (Å²) >= 11 is 0.953. The molecular formula is C9H7F2N5S. The number of nitrogens with zero attached hydrogens (tertiary/aromatic N) is 3. The molecule has 0 aromatic carbocycles. The van der Waals surface area contributed by atoms with Gasteiger partial charge in [-0.2, -0.15) is 0 Å². The number of hydrazine groups is 1. The van der Waals surface area contributed by atoms with Gasteiger partial charge in [0.1, 0.15) is 16.4 Å². The number of anilines is 1. The number of pyridine rings is 1. The average molecular weight is 255 g/mol. The molecule has 2 rings (SSSR count). The second-order valence-corrected chi connectivity index (χ2v) is 3.91. The Morgan fingerprint density at radius 1 is 1.29 bits per heavy atom. The standard InChI is InChI=1S/C9H7F2N5S/c10-5-3-6(11)9(15-8(5)16-12)17-7-1-2-13-4-14-7/h1-4H,12H2,(H,15,16). The second kappa shape index (κ2) is 5.02. The van der Waals surface area contributed by atoms with Crippen LogP contribution in [0, 0.1) is 11.6 Å². The lowest BCUT2D eigenvalue weighted by Gasteiger charge is -2.05. The lowest BCUT2D eigenvalue weighted by atomic mass is 10.4. The van der Waals surface area contributed by atoms with Crippen LogP contribution in [-0.4, -0.2) is 15.0 Å². The van der Waals surface area contributed by atoms with E-state index in [2.05, 4.69) is 15.0 Å². The molecule has 0 aliphatic rings. The van der Waals surface area contributed by atoms with Gasteiger partial charge in [-0.15, -0.1) is 0 Å². The van der Waals surface area contributed by atoms with Crippen molar-refractivity contribution in [3.63, 3.8) is 0 Å². The molecule has 88 valence electrons. The van der Waals surface area contributed by atoms with Crippen LogP contribution in [0.2, 0.25) is 0 Å². The highest BCUT2D eigenvalue weighted by atomic mass is 32.2. The summed E-state index contributed by atoms with van der Waals surface area (Å²) in [5.41, 5.74) is 2.05. The minimum Gasteiger partial charge on any atom is -0.306 e. The molecule has 2 heterocycles. The fraction of sp³-hybridized carbons (Fsp3) is 0. The first-order valence-electron chi connectivity index (χ1n) is 4.47. The highest BCUT2D eigenvalue weighted by molar-refractivity contribution is 7.99. The SMILES string of the molecule is NNc1nc(Sc2ccncn2)c(F)cc1F. The zero-order valence-corrected chi connectivity index (χ0v) is 9.21. The molecule has 0 saturated heterocycles. The Bertz CT molecular complexity index is 522. The summed E-state index contributed by atoms with van der Waals surface area (Å²) in [5.74, 6) is 3.21. The molecule has 0 aliphatic carbocycles. The van der Waals surface area contributed by atoms with E-state index in [0.717, 1.165) is 11.8 Å². The lowest BCUT2D eigenvalue weighted by Crippen LogP contribution is -2.11. The Labute approximate surface area is 99.5 Å². The highest BCUT2D eigenvalue weighted by Gasteiger charge is 2.12. The maximum atomic E-state index is 13.4. The van der Waals surface area contributed by atoms with Crippen LogP contribution in [0.15, 0.2) is 34.7 Å². The molecule has 2 aromatic heterocycles. The Morgan fingerprint density at radius 3 is 2.76 bits per heavy atom. The third-order valence-corrected chi connectivity index (χ3v) is 2.72. The summed E-state index contributed by atoms with van der Waals surface area (Å²) < 4.78 is 26.5. The first kappa shape index (κ1) is 11.7. The van der Waals surface area contributed by atoms with E-state index in [0.29, 0.717) is 11.1 Å². The summed E-state index contributed by atoms with van der Waals surface area (Å²) in [6.07, 6.45) is 2.84. The maximum absolute atomic E-state index is 13.4. The van der Waals surface area contributed by atoms with Crippen molar-refractivity contribution in [2.45, 2.75) is 10.1 Å². The summed E-state index contributed by atoms with van der Waals surface area (Å²) in [6, 6.07) is 2.30. The van der Waals surface area contributed by atoms with E-state index in [4.69, 9.17) is 5.84 Å². The molecule has 5 nitrogen and oxygen atoms in total. The number of aromatic nitrogens is 3. The zero-order valence-electron chi connectivity index (χ0n) is 8.39. The number of nitrogens with two attached hydrogens (primary N) is 1. The average Bonchev–Trinajstić information content (AvgIpc) is 2.34. The van der Waals surface area contributed by atoms with E-state index < -0.39 is 11.6 Å². The van der Waals surface area contributed by atoms with E-state index in [-0.39, 0.29) is 10.8 Å². The monoisotopic (exact) mass is 255 g/mol. The van der Waals surface area contributed by atoms with E-state index in [1.807, 2.05) is 5.43 Å². The van der Waals surface area contributed by atoms with Gasteiger partial charge in [-0.3, -0.25) is 0 Å². The molecule has 0 radical (unpaired) electrons. The van der Waals surface area contributed by atoms with Crippen molar-refractivity contribution in [1.82, 2.24) is 15.0 Å². The van der Waals surface area contributed by atoms with E-state index in [1.54, 1.807) is 6.07 Å². The van der Waals surface area contributed by atoms with Gasteiger partial charge in [-0.05, 0) is 17.8 Å². The quantitative estimate of drug-likeness (QED) is 0.492. The molecule has 17 heavy (non-hydrogen) atoms. The third kappa shape index (κ3) is 2.66. The largest absolute Gasteiger partial charge is 0.306 e. The van der Waals surface area contributed by atoms with Crippen molar-refractivity contribution in [3.05, 3.63) is 36.3 Å². The summed E-state index contributed by atoms with van der Waals surface area (Å²) in [5, 5.41) is 0.485. The molecule has 8 heteroatoms. The maximum Gasteiger partial charge on any atom is 0.177 e. The van der Waals surface area contributed by atoms with Crippen molar-refractivity contribution < 1.29 is 8.78 Å². The van der Waals surface area contributed by atoms with Gasteiger partial charge in [-0.25, -0.2) is 29.6 Å². The predicted octanol–water partition coefficient (Wildman–Crippen LogP) is 1.59. The Balaban J connectivity index is 2.33. The molecule has 3 N–H and O–H groups in total. The molecule has 0 saturated carbocycles. The number of nitrogens with one attached hydrogen (secondary N) is 1. The van der Waals surface area contributed by atoms with Gasteiger partial charge in [0, 0.05) is 12.3 Å². The molecule has 2 aromatic rings. The van der Waals surface area contributed by atoms with Crippen LogP contribution >= 0.6 is 11.8 Å². The van der Waals surface area contributed by atoms with Crippen LogP contribution in [0.25, 0.3) is 0 Å². The van der Waals surface area contributed by atoms with E-state index >= 15 is 0 Å². The Morgan fingerprint density at radius 2 is 2.12 bits per heavy atom. The molecule has 0 spiro atoms. The first-order chi connectivity index (χ1) is 8.20. The molecule has 0 amide bonds. The molecule has 0 fully saturated rings. The van der Waals surface area contributed by atoms with Crippen LogP contribution in [0.5, 0.6) is 0 Å². The minimum absolute atomic E-state index is 0.0157. The van der Waals surface area contributed by atoms with Gasteiger partial charge < -0.3 is 5.43 Å². The van der Waals surface area contributed by atoms with Gasteiger partial charge in [0.25, 0.3) is 0 Å². The summed E-state index contributed by atoms with van der Waals surface area (Å²) in [6.45, 7) is 0. The van der Waals surface area contributed by atoms with Crippen LogP contribution in [0.1, 0.15) is 0 Å². The third-order valence-electron chi connectivity index (χ3n) is 1.79. The molecule has 0 aliphatic heterocycles. The van der Waals surface area contributed by atoms with Crippen LogP contribution < -0.4 is 11.3 Å². The summed E-state index contributed by atoms with van der Waals surface area (Å²) in [4.78, 5) is 11.3. The number of hydrogen-bond acceptors (Lipinski definition) is 6. The molecule has 0 unspecified atom stereocenters. The number of nitrogen functional groups attached to an aromatic ring is 1. The van der Waals surface area contributed by atoms with Crippen LogP contribution in [0.3, 0.4) is 0 Å². The number of halogens is 2. The van der Waals surface area contributed by atoms with Crippen molar-refractivity contribution in [1.29, 1.82) is 0 Å². The number of rotatable bonds is 3. The normalized spacial score (nSPS) is 10.3. The van der Waals surface area contributed by atoms with Crippen molar-refractivity contribution in [2.75, 3.05) is 5.43 Å². The Kier molecular flexibility index (Phi) is 3.45. The molecule has 0 atom stereocenters. The van der Waals surface area contributed by atoms with Gasteiger partial charge in [0.15, 0.2) is 17.5 Å². The molecule has 0 bridgehead atoms. The topological polar surface area (TPSA) is 76.7 Å². The van der Waals surface area contributed by atoms with Crippen molar-refractivity contribution in [3.8, 4) is 0 Å². The van der Waals surface area contributed by atoms with Crippen LogP contribution in [0.4, 0.5) is 14.6 Å². The van der Waals surface area contributed by atoms with Crippen molar-refractivity contribution >= 4 is 17.6 Å². The van der Waals surface area contributed by atoms with Gasteiger partial charge in [0.2, 0.25) is 0 Å². The first-order valence-corrected chi connectivity index (χ1v) is 5.29. The highest BCUT2D eigenvalue weighted by Crippen LogP contribution is 2.28. The van der Waals surface area contributed by atoms with Crippen molar-refractivity contribution in [2.24, 2.45) is 5.84 Å². The fourth-order valence-corrected chi connectivity index (χ4v) is 1.78. The second-order valence-electron chi connectivity index (χ2n) is 2.90. The summed E-state index contributed by atoms with van der Waals surface area (Å²) in [7, 11) is 0. The lowest BCUT2D eigenvalue weighted by molar-refractivity contribution is 0.551. The van der Waals surface area contributed by atoms with Gasteiger partial charge in [0.05, 0.1) is 0 Å². The fourth-order valence-electron chi connectivity index (χ4n) is 1.06. The van der Waals surface area contributed by atoms with E-state index in [9.17, 15) is 8.78 Å². The van der Waals surface area contributed by atoms with Gasteiger partial charge >= 0.3 is 0 Å². The van der Waals surface area contributed by atoms with E-state index in [1.165, 1.54) is 12.5 Å². The van der Waals surface area contributed by atoms with Crippen LogP contribution in [-0.2, 0) is 0 Å².